The van der Waals surface area contributed by atoms with E-state index >= 15 is 0 Å². The fourth-order valence-electron chi connectivity index (χ4n) is 4.81. The molecule has 6 heteroatoms. The molecule has 0 spiro atoms. The number of carbonyl (C=O) groups is 2. The van der Waals surface area contributed by atoms with Crippen LogP contribution in [0.25, 0.3) is 0 Å². The van der Waals surface area contributed by atoms with E-state index < -0.39 is 11.9 Å². The molecule has 6 nitrogen and oxygen atoms in total. The maximum Gasteiger partial charge on any atom is 0.337 e. The second-order valence-electron chi connectivity index (χ2n) is 8.98. The molecule has 0 fully saturated rings. The number of ketones is 1. The SMILES string of the molecule is CC[C@H](C)OC(=O)C1=C(C)NC2=C(C(=O)C[C@H](c3ccccc3)C2)[C@@H]1c1ccc(O)c(OC)c1. The molecule has 1 aliphatic heterocycles. The first-order chi connectivity index (χ1) is 16.3. The van der Waals surface area contributed by atoms with Gasteiger partial charge in [0.05, 0.1) is 18.8 Å². The molecule has 178 valence electrons. The average molecular weight is 462 g/mol. The Morgan fingerprint density at radius 1 is 1.15 bits per heavy atom. The van der Waals surface area contributed by atoms with Gasteiger partial charge >= 0.3 is 5.97 Å². The third-order valence-corrected chi connectivity index (χ3v) is 6.74. The highest BCUT2D eigenvalue weighted by Gasteiger charge is 2.41. The van der Waals surface area contributed by atoms with Crippen molar-refractivity contribution in [1.82, 2.24) is 5.32 Å². The maximum atomic E-state index is 13.6. The van der Waals surface area contributed by atoms with E-state index in [1.165, 1.54) is 13.2 Å². The number of benzene rings is 2. The van der Waals surface area contributed by atoms with Crippen molar-refractivity contribution in [3.8, 4) is 11.5 Å². The lowest BCUT2D eigenvalue weighted by molar-refractivity contribution is -0.144. The van der Waals surface area contributed by atoms with E-state index in [1.54, 1.807) is 12.1 Å². The molecule has 34 heavy (non-hydrogen) atoms. The molecule has 0 bridgehead atoms. The number of phenolic OH excluding ortho intramolecular Hbond substituents is 1. The van der Waals surface area contributed by atoms with Crippen molar-refractivity contribution < 1.29 is 24.2 Å². The summed E-state index contributed by atoms with van der Waals surface area (Å²) in [6.07, 6.45) is 1.47. The number of esters is 1. The van der Waals surface area contributed by atoms with Crippen LogP contribution in [0.4, 0.5) is 0 Å². The first-order valence-electron chi connectivity index (χ1n) is 11.7. The quantitative estimate of drug-likeness (QED) is 0.582. The number of Topliss-reactive ketones (excluding diaryl/α,β-unsaturated/α-hetero) is 1. The summed E-state index contributed by atoms with van der Waals surface area (Å²) in [5.41, 5.74) is 4.33. The Labute approximate surface area is 200 Å². The van der Waals surface area contributed by atoms with E-state index in [2.05, 4.69) is 5.32 Å². The van der Waals surface area contributed by atoms with Gasteiger partial charge in [-0.1, -0.05) is 43.3 Å². The number of allylic oxidation sites excluding steroid dienone is 3. The first-order valence-corrected chi connectivity index (χ1v) is 11.7. The van der Waals surface area contributed by atoms with Gasteiger partial charge in [-0.25, -0.2) is 4.79 Å². The molecule has 2 aromatic carbocycles. The fourth-order valence-corrected chi connectivity index (χ4v) is 4.81. The van der Waals surface area contributed by atoms with Gasteiger partial charge in [-0.05, 0) is 55.9 Å². The van der Waals surface area contributed by atoms with Crippen LogP contribution < -0.4 is 10.1 Å². The molecule has 0 unspecified atom stereocenters. The molecular formula is C28H31NO5. The molecule has 0 aromatic heterocycles. The summed E-state index contributed by atoms with van der Waals surface area (Å²) in [6, 6.07) is 15.0. The summed E-state index contributed by atoms with van der Waals surface area (Å²) < 4.78 is 11.0. The lowest BCUT2D eigenvalue weighted by atomic mass is 9.71. The molecule has 0 radical (unpaired) electrons. The van der Waals surface area contributed by atoms with Crippen LogP contribution >= 0.6 is 0 Å². The second kappa shape index (κ2) is 9.75. The highest BCUT2D eigenvalue weighted by atomic mass is 16.5. The summed E-state index contributed by atoms with van der Waals surface area (Å²) in [5.74, 6) is -0.696. The largest absolute Gasteiger partial charge is 0.504 e. The Bertz CT molecular complexity index is 1160. The van der Waals surface area contributed by atoms with Crippen molar-refractivity contribution >= 4 is 11.8 Å². The van der Waals surface area contributed by atoms with Crippen molar-refractivity contribution in [2.24, 2.45) is 0 Å². The minimum Gasteiger partial charge on any atom is -0.504 e. The number of carbonyl (C=O) groups excluding carboxylic acids is 2. The molecule has 4 rings (SSSR count). The average Bonchev–Trinajstić information content (AvgIpc) is 2.83. The number of phenols is 1. The Hall–Kier alpha value is -3.54. The summed E-state index contributed by atoms with van der Waals surface area (Å²) >= 11 is 0. The minimum atomic E-state index is -0.605. The summed E-state index contributed by atoms with van der Waals surface area (Å²) in [4.78, 5) is 26.9. The molecule has 1 heterocycles. The van der Waals surface area contributed by atoms with Crippen molar-refractivity contribution in [3.05, 3.63) is 82.2 Å². The smallest absolute Gasteiger partial charge is 0.337 e. The Morgan fingerprint density at radius 3 is 2.56 bits per heavy atom. The third kappa shape index (κ3) is 4.45. The molecule has 3 atom stereocenters. The Kier molecular flexibility index (Phi) is 6.77. The number of methoxy groups -OCH3 is 1. The van der Waals surface area contributed by atoms with Crippen molar-refractivity contribution in [3.63, 3.8) is 0 Å². The molecule has 0 saturated heterocycles. The van der Waals surface area contributed by atoms with Crippen LogP contribution in [0.5, 0.6) is 11.5 Å². The van der Waals surface area contributed by atoms with Gasteiger partial charge in [0, 0.05) is 29.3 Å². The van der Waals surface area contributed by atoms with Crippen LogP contribution in [-0.2, 0) is 14.3 Å². The number of nitrogens with one attached hydrogen (secondary N) is 1. The highest BCUT2D eigenvalue weighted by Crippen LogP contribution is 2.47. The first kappa shape index (κ1) is 23.6. The van der Waals surface area contributed by atoms with E-state index in [1.807, 2.05) is 51.1 Å². The number of hydrogen-bond acceptors (Lipinski definition) is 6. The van der Waals surface area contributed by atoms with Gasteiger partial charge in [0.2, 0.25) is 0 Å². The molecule has 2 N–H and O–H groups in total. The zero-order chi connectivity index (χ0) is 24.4. The van der Waals surface area contributed by atoms with E-state index in [0.717, 1.165) is 11.3 Å². The van der Waals surface area contributed by atoms with Crippen LogP contribution in [0.3, 0.4) is 0 Å². The monoisotopic (exact) mass is 461 g/mol. The topological polar surface area (TPSA) is 84.9 Å². The van der Waals surface area contributed by atoms with Crippen LogP contribution in [0.15, 0.2) is 71.1 Å². The van der Waals surface area contributed by atoms with Crippen LogP contribution in [0.2, 0.25) is 0 Å². The Balaban J connectivity index is 1.82. The highest BCUT2D eigenvalue weighted by molar-refractivity contribution is 6.04. The van der Waals surface area contributed by atoms with E-state index in [4.69, 9.17) is 9.47 Å². The standard InChI is InChI=1S/C28H31NO5/c1-5-16(2)34-28(32)25-17(3)29-21-13-20(18-9-7-6-8-10-18)14-23(31)27(21)26(25)19-11-12-22(30)24(15-19)33-4/h6-12,15-16,20,26,29-30H,5,13-14H2,1-4H3/t16-,20+,26+/m0/s1. The number of rotatable bonds is 6. The van der Waals surface area contributed by atoms with Gasteiger partial charge in [0.25, 0.3) is 0 Å². The Morgan fingerprint density at radius 2 is 1.88 bits per heavy atom. The summed E-state index contributed by atoms with van der Waals surface area (Å²) in [5, 5.41) is 13.5. The number of aromatic hydroxyl groups is 1. The van der Waals surface area contributed by atoms with Gasteiger partial charge in [-0.3, -0.25) is 4.79 Å². The predicted molar refractivity (Wildman–Crippen MR) is 130 cm³/mol. The fraction of sp³-hybridized carbons (Fsp3) is 0.357. The zero-order valence-corrected chi connectivity index (χ0v) is 20.1. The maximum absolute atomic E-state index is 13.6. The summed E-state index contributed by atoms with van der Waals surface area (Å²) in [6.45, 7) is 5.65. The van der Waals surface area contributed by atoms with Crippen molar-refractivity contribution in [2.75, 3.05) is 7.11 Å². The summed E-state index contributed by atoms with van der Waals surface area (Å²) in [7, 11) is 1.47. The van der Waals surface area contributed by atoms with Crippen molar-refractivity contribution in [1.29, 1.82) is 0 Å². The molecule has 2 aromatic rings. The van der Waals surface area contributed by atoms with Gasteiger partial charge in [0.15, 0.2) is 17.3 Å². The molecule has 0 amide bonds. The normalized spacial score (nSPS) is 21.0. The number of dihydropyridines is 1. The second-order valence-corrected chi connectivity index (χ2v) is 8.98. The lowest BCUT2D eigenvalue weighted by Crippen LogP contribution is -2.36. The van der Waals surface area contributed by atoms with Gasteiger partial charge in [-0.2, -0.15) is 0 Å². The zero-order valence-electron chi connectivity index (χ0n) is 20.1. The molecule has 1 aliphatic carbocycles. The van der Waals surface area contributed by atoms with Gasteiger partial charge < -0.3 is 19.9 Å². The van der Waals surface area contributed by atoms with Crippen LogP contribution in [0.1, 0.15) is 63.0 Å². The number of ether oxygens (including phenoxy) is 2. The molecular weight excluding hydrogens is 430 g/mol. The van der Waals surface area contributed by atoms with Crippen molar-refractivity contribution in [2.45, 2.75) is 58.0 Å². The van der Waals surface area contributed by atoms with Crippen LogP contribution in [-0.4, -0.2) is 30.1 Å². The number of hydrogen-bond donors (Lipinski definition) is 2. The molecule has 2 aliphatic rings. The van der Waals surface area contributed by atoms with E-state index in [9.17, 15) is 14.7 Å². The van der Waals surface area contributed by atoms with Crippen LogP contribution in [0, 0.1) is 0 Å². The molecule has 0 saturated carbocycles. The minimum absolute atomic E-state index is 0.000912. The third-order valence-electron chi connectivity index (χ3n) is 6.74. The van der Waals surface area contributed by atoms with Gasteiger partial charge in [0.1, 0.15) is 0 Å². The van der Waals surface area contributed by atoms with E-state index in [0.29, 0.717) is 41.7 Å². The predicted octanol–water partition coefficient (Wildman–Crippen LogP) is 5.10. The van der Waals surface area contributed by atoms with Gasteiger partial charge in [-0.15, -0.1) is 0 Å². The lowest BCUT2D eigenvalue weighted by Gasteiger charge is -2.37. The van der Waals surface area contributed by atoms with E-state index in [-0.39, 0.29) is 29.3 Å².